The van der Waals surface area contributed by atoms with Crippen molar-refractivity contribution in [1.29, 1.82) is 0 Å². The van der Waals surface area contributed by atoms with E-state index in [0.717, 1.165) is 32.4 Å². The lowest BCUT2D eigenvalue weighted by Crippen LogP contribution is -2.45. The average Bonchev–Trinajstić information content (AvgIpc) is 3.20. The van der Waals surface area contributed by atoms with Crippen molar-refractivity contribution in [3.05, 3.63) is 63.8 Å². The highest BCUT2D eigenvalue weighted by molar-refractivity contribution is 7.87. The number of rotatable bonds is 8. The first-order valence-electron chi connectivity index (χ1n) is 12.0. The number of carbonyl (C=O) groups is 1. The summed E-state index contributed by atoms with van der Waals surface area (Å²) in [6.07, 6.45) is -3.10. The van der Waals surface area contributed by atoms with Gasteiger partial charge in [0.15, 0.2) is 5.69 Å². The Morgan fingerprint density at radius 2 is 1.74 bits per heavy atom. The van der Waals surface area contributed by atoms with E-state index in [2.05, 4.69) is 10.5 Å². The molecule has 4 rings (SSSR count). The Bertz CT molecular complexity index is 1460. The van der Waals surface area contributed by atoms with E-state index in [-0.39, 0.29) is 16.5 Å². The predicted molar refractivity (Wildman–Crippen MR) is 142 cm³/mol. The van der Waals surface area contributed by atoms with E-state index in [1.807, 2.05) is 5.01 Å². The van der Waals surface area contributed by atoms with Gasteiger partial charge in [0.2, 0.25) is 0 Å². The topological polar surface area (TPSA) is 93.5 Å². The van der Waals surface area contributed by atoms with E-state index < -0.39 is 34.4 Å². The van der Waals surface area contributed by atoms with Gasteiger partial charge in [-0.05, 0) is 62.2 Å². The number of benzene rings is 2. The minimum atomic E-state index is -4.63. The third-order valence-corrected chi connectivity index (χ3v) is 7.77. The smallest absolute Gasteiger partial charge is 0.382 e. The molecule has 1 saturated heterocycles. The predicted octanol–water partition coefficient (Wildman–Crippen LogP) is 5.95. The average molecular weight is 605 g/mol. The molecular formula is C25H25Cl2F3N4O4S. The zero-order valence-electron chi connectivity index (χ0n) is 20.8. The van der Waals surface area contributed by atoms with Gasteiger partial charge in [-0.3, -0.25) is 10.2 Å². The lowest BCUT2D eigenvalue weighted by Gasteiger charge is -2.26. The number of aromatic nitrogens is 2. The second-order valence-corrected chi connectivity index (χ2v) is 11.6. The Kier molecular flexibility index (Phi) is 8.79. The molecule has 0 radical (unpaired) electrons. The number of amides is 1. The van der Waals surface area contributed by atoms with Gasteiger partial charge in [0.05, 0.1) is 28.6 Å². The van der Waals surface area contributed by atoms with Gasteiger partial charge in [-0.2, -0.15) is 26.7 Å². The fraction of sp³-hybridized carbons (Fsp3) is 0.360. The summed E-state index contributed by atoms with van der Waals surface area (Å²) in [5.41, 5.74) is 5.07. The molecule has 1 aliphatic rings. The van der Waals surface area contributed by atoms with Crippen molar-refractivity contribution in [1.82, 2.24) is 20.2 Å². The quantitative estimate of drug-likeness (QED) is 0.320. The molecule has 0 aliphatic carbocycles. The fourth-order valence-electron chi connectivity index (χ4n) is 4.18. The molecule has 1 amide bonds. The summed E-state index contributed by atoms with van der Waals surface area (Å²) in [7, 11) is -4.46. The highest BCUT2D eigenvalue weighted by Crippen LogP contribution is 2.34. The van der Waals surface area contributed by atoms with Crippen molar-refractivity contribution in [2.45, 2.75) is 38.8 Å². The van der Waals surface area contributed by atoms with Crippen LogP contribution >= 0.6 is 23.2 Å². The molecule has 1 N–H and O–H groups in total. The molecule has 1 aliphatic heterocycles. The Labute approximate surface area is 233 Å². The van der Waals surface area contributed by atoms with E-state index in [9.17, 15) is 26.4 Å². The Morgan fingerprint density at radius 1 is 1.08 bits per heavy atom. The van der Waals surface area contributed by atoms with E-state index in [4.69, 9.17) is 27.4 Å². The number of hydrogen-bond acceptors (Lipinski definition) is 6. The summed E-state index contributed by atoms with van der Waals surface area (Å²) in [5.74, 6) is -1.75. The third-order valence-electron chi connectivity index (χ3n) is 6.08. The van der Waals surface area contributed by atoms with Crippen molar-refractivity contribution in [2.24, 2.45) is 0 Å². The van der Waals surface area contributed by atoms with Gasteiger partial charge in [0.1, 0.15) is 5.75 Å². The first-order chi connectivity index (χ1) is 18.3. The lowest BCUT2D eigenvalue weighted by molar-refractivity contribution is -0.130. The SMILES string of the molecule is Cc1c(C(=O)NN2CCCCC2)nn(-c2ccc(Cl)cc2Cl)c1-c1ccc(OS(=O)(=O)CCC(F)(F)F)cc1. The molecule has 0 saturated carbocycles. The monoisotopic (exact) mass is 604 g/mol. The highest BCUT2D eigenvalue weighted by Gasteiger charge is 2.31. The number of hydrazine groups is 1. The molecule has 8 nitrogen and oxygen atoms in total. The van der Waals surface area contributed by atoms with Crippen LogP contribution in [0.15, 0.2) is 42.5 Å². The van der Waals surface area contributed by atoms with Crippen molar-refractivity contribution in [3.8, 4) is 22.7 Å². The molecule has 14 heteroatoms. The summed E-state index contributed by atoms with van der Waals surface area (Å²) in [4.78, 5) is 13.2. The molecule has 0 spiro atoms. The second kappa shape index (κ2) is 11.7. The van der Waals surface area contributed by atoms with Crippen molar-refractivity contribution in [2.75, 3.05) is 18.8 Å². The van der Waals surface area contributed by atoms with Crippen molar-refractivity contribution in [3.63, 3.8) is 0 Å². The Morgan fingerprint density at radius 3 is 2.36 bits per heavy atom. The van der Waals surface area contributed by atoms with Gasteiger partial charge in [-0.1, -0.05) is 29.6 Å². The molecule has 0 unspecified atom stereocenters. The maximum Gasteiger partial charge on any atom is 0.390 e. The number of halogens is 5. The maximum absolute atomic E-state index is 13.2. The lowest BCUT2D eigenvalue weighted by atomic mass is 10.1. The number of nitrogens with zero attached hydrogens (tertiary/aromatic N) is 3. The van der Waals surface area contributed by atoms with Gasteiger partial charge in [0.25, 0.3) is 5.91 Å². The van der Waals surface area contributed by atoms with Crippen LogP contribution < -0.4 is 9.61 Å². The summed E-state index contributed by atoms with van der Waals surface area (Å²) in [6.45, 7) is 3.18. The molecule has 39 heavy (non-hydrogen) atoms. The van der Waals surface area contributed by atoms with Gasteiger partial charge in [-0.25, -0.2) is 9.69 Å². The molecule has 3 aromatic rings. The number of alkyl halides is 3. The summed E-state index contributed by atoms with van der Waals surface area (Å²) >= 11 is 12.5. The fourth-order valence-corrected chi connectivity index (χ4v) is 5.64. The zero-order chi connectivity index (χ0) is 28.4. The van der Waals surface area contributed by atoms with Crippen LogP contribution in [0, 0.1) is 6.92 Å². The minimum absolute atomic E-state index is 0.155. The Balaban J connectivity index is 1.68. The molecule has 1 fully saturated rings. The van der Waals surface area contributed by atoms with Gasteiger partial charge in [0, 0.05) is 29.2 Å². The van der Waals surface area contributed by atoms with Gasteiger partial charge >= 0.3 is 16.3 Å². The second-order valence-electron chi connectivity index (χ2n) is 9.05. The largest absolute Gasteiger partial charge is 0.390 e. The van der Waals surface area contributed by atoms with Crippen LogP contribution in [0.2, 0.25) is 10.0 Å². The summed E-state index contributed by atoms with van der Waals surface area (Å²) in [5, 5.41) is 7.10. The number of piperidine rings is 1. The molecule has 2 aromatic carbocycles. The van der Waals surface area contributed by atoms with E-state index in [0.29, 0.717) is 27.5 Å². The van der Waals surface area contributed by atoms with Crippen molar-refractivity contribution >= 4 is 39.2 Å². The summed E-state index contributed by atoms with van der Waals surface area (Å²) < 4.78 is 67.7. The molecule has 0 atom stereocenters. The first-order valence-corrected chi connectivity index (χ1v) is 14.4. The molecule has 1 aromatic heterocycles. The first kappa shape index (κ1) is 29.2. The minimum Gasteiger partial charge on any atom is -0.382 e. The normalized spacial score (nSPS) is 14.8. The molecular weight excluding hydrogens is 580 g/mol. The van der Waals surface area contributed by atoms with Gasteiger partial charge in [-0.15, -0.1) is 0 Å². The summed E-state index contributed by atoms with van der Waals surface area (Å²) in [6, 6.07) is 10.5. The highest BCUT2D eigenvalue weighted by atomic mass is 35.5. The number of hydrogen-bond donors (Lipinski definition) is 1. The number of carbonyl (C=O) groups excluding carboxylic acids is 1. The van der Waals surface area contributed by atoms with Crippen LogP contribution in [-0.4, -0.2) is 54.1 Å². The van der Waals surface area contributed by atoms with E-state index in [1.54, 1.807) is 19.1 Å². The van der Waals surface area contributed by atoms with E-state index in [1.165, 1.54) is 35.0 Å². The number of nitrogens with one attached hydrogen (secondary N) is 1. The Hall–Kier alpha value is -2.80. The standard InChI is InChI=1S/C25H25Cl2F3N4O4S/c1-16-22(24(35)32-33-12-3-2-4-13-33)31-34(21-10-7-18(26)15-20(21)27)23(16)17-5-8-19(9-6-17)38-39(36,37)14-11-25(28,29)30/h5-10,15H,2-4,11-14H2,1H3,(H,32,35). The maximum atomic E-state index is 13.2. The molecule has 2 heterocycles. The van der Waals surface area contributed by atoms with Gasteiger partial charge < -0.3 is 4.18 Å². The zero-order valence-corrected chi connectivity index (χ0v) is 23.1. The molecule has 0 bridgehead atoms. The van der Waals surface area contributed by atoms with Crippen LogP contribution in [0.4, 0.5) is 13.2 Å². The molecule has 210 valence electrons. The van der Waals surface area contributed by atoms with Crippen molar-refractivity contribution < 1.29 is 30.6 Å². The van der Waals surface area contributed by atoms with Crippen LogP contribution in [0.25, 0.3) is 16.9 Å². The van der Waals surface area contributed by atoms with Crippen LogP contribution in [-0.2, 0) is 10.1 Å². The van der Waals surface area contributed by atoms with Crippen LogP contribution in [0.3, 0.4) is 0 Å². The van der Waals surface area contributed by atoms with E-state index >= 15 is 0 Å². The van der Waals surface area contributed by atoms with Crippen LogP contribution in [0.1, 0.15) is 41.7 Å². The van der Waals surface area contributed by atoms with Crippen LogP contribution in [0.5, 0.6) is 5.75 Å². The third kappa shape index (κ3) is 7.44.